The molecule has 3 rings (SSSR count). The molecule has 0 saturated carbocycles. The Morgan fingerprint density at radius 2 is 2.13 bits per heavy atom. The van der Waals surface area contributed by atoms with E-state index >= 15 is 0 Å². The predicted octanol–water partition coefficient (Wildman–Crippen LogP) is 0.380. The molecule has 1 fully saturated rings. The largest absolute Gasteiger partial charge is 0.463 e. The van der Waals surface area contributed by atoms with Crippen LogP contribution in [0.3, 0.4) is 0 Å². The average Bonchev–Trinajstić information content (AvgIpc) is 2.54. The Hall–Kier alpha value is -2.76. The minimum absolute atomic E-state index is 0.0217. The second kappa shape index (κ2) is 6.16. The van der Waals surface area contributed by atoms with Crippen LogP contribution in [0, 0.1) is 16.7 Å². The molecule has 0 bridgehead atoms. The third-order valence-corrected chi connectivity index (χ3v) is 3.66. The van der Waals surface area contributed by atoms with Crippen LogP contribution < -0.4 is 10.5 Å². The molecule has 0 aromatic carbocycles. The molecule has 2 aromatic heterocycles. The summed E-state index contributed by atoms with van der Waals surface area (Å²) >= 11 is 0. The maximum absolute atomic E-state index is 9.39. The zero-order chi connectivity index (χ0) is 16.3. The summed E-state index contributed by atoms with van der Waals surface area (Å²) in [6.45, 7) is 1.13. The number of nitrogens with zero attached hydrogens (tertiary/aromatic N) is 4. The number of aliphatic hydroxyl groups excluding tert-OH is 1. The third kappa shape index (κ3) is 2.92. The second-order valence-electron chi connectivity index (χ2n) is 5.39. The van der Waals surface area contributed by atoms with Crippen LogP contribution in [0.15, 0.2) is 24.5 Å². The number of aromatic nitrogens is 3. The molecule has 1 saturated heterocycles. The van der Waals surface area contributed by atoms with E-state index in [1.54, 1.807) is 18.3 Å². The number of ether oxygens (including phenoxy) is 2. The van der Waals surface area contributed by atoms with E-state index in [1.807, 2.05) is 6.07 Å². The molecule has 0 spiro atoms. The molecule has 0 unspecified atom stereocenters. The molecule has 1 aliphatic heterocycles. The van der Waals surface area contributed by atoms with Gasteiger partial charge in [-0.2, -0.15) is 10.2 Å². The van der Waals surface area contributed by atoms with Crippen molar-refractivity contribution in [2.24, 2.45) is 5.41 Å². The van der Waals surface area contributed by atoms with E-state index in [0.29, 0.717) is 24.5 Å². The highest BCUT2D eigenvalue weighted by Crippen LogP contribution is 2.28. The van der Waals surface area contributed by atoms with Crippen LogP contribution in [0.25, 0.3) is 11.3 Å². The van der Waals surface area contributed by atoms with E-state index in [2.05, 4.69) is 15.0 Å². The molecule has 0 radical (unpaired) electrons. The first kappa shape index (κ1) is 15.1. The van der Waals surface area contributed by atoms with Crippen LogP contribution in [-0.2, 0) is 4.74 Å². The van der Waals surface area contributed by atoms with Crippen LogP contribution in [0.1, 0.15) is 5.56 Å². The Morgan fingerprint density at radius 3 is 2.78 bits per heavy atom. The number of pyridine rings is 1. The Balaban J connectivity index is 1.83. The minimum atomic E-state index is -0.391. The van der Waals surface area contributed by atoms with E-state index in [9.17, 15) is 10.4 Å². The number of rotatable bonds is 5. The van der Waals surface area contributed by atoms with Crippen LogP contribution in [0.5, 0.6) is 6.01 Å². The average molecular weight is 313 g/mol. The zero-order valence-corrected chi connectivity index (χ0v) is 12.3. The lowest BCUT2D eigenvalue weighted by atomic mass is 9.88. The highest BCUT2D eigenvalue weighted by molar-refractivity contribution is 5.72. The SMILES string of the molecule is N#Cc1c(-c2ccnc(OCC3(CO)COC3)n2)ccnc1N. The third-order valence-electron chi connectivity index (χ3n) is 3.66. The molecule has 3 heterocycles. The van der Waals surface area contributed by atoms with Crippen molar-refractivity contribution < 1.29 is 14.6 Å². The molecule has 8 heteroatoms. The fraction of sp³-hybridized carbons (Fsp3) is 0.333. The van der Waals surface area contributed by atoms with Crippen molar-refractivity contribution in [2.45, 2.75) is 0 Å². The zero-order valence-electron chi connectivity index (χ0n) is 12.3. The number of hydrogen-bond acceptors (Lipinski definition) is 8. The summed E-state index contributed by atoms with van der Waals surface area (Å²) in [5.41, 5.74) is 6.67. The first-order valence-electron chi connectivity index (χ1n) is 6.97. The van der Waals surface area contributed by atoms with Crippen molar-refractivity contribution in [2.75, 3.05) is 32.2 Å². The van der Waals surface area contributed by atoms with Crippen LogP contribution in [0.2, 0.25) is 0 Å². The highest BCUT2D eigenvalue weighted by Gasteiger charge is 2.39. The standard InChI is InChI=1S/C15H15N5O3/c16-5-11-10(1-3-18-13(11)17)12-2-4-19-14(20-12)23-9-15(6-21)7-22-8-15/h1-4,21H,6-9H2,(H2,17,18). The molecule has 118 valence electrons. The number of nitriles is 1. The summed E-state index contributed by atoms with van der Waals surface area (Å²) in [7, 11) is 0. The molecular weight excluding hydrogens is 298 g/mol. The molecule has 2 aromatic rings. The minimum Gasteiger partial charge on any atom is -0.463 e. The van der Waals surface area contributed by atoms with Crippen LogP contribution in [0.4, 0.5) is 5.82 Å². The fourth-order valence-corrected chi connectivity index (χ4v) is 2.20. The summed E-state index contributed by atoms with van der Waals surface area (Å²) in [4.78, 5) is 12.2. The molecule has 0 amide bonds. The molecule has 0 atom stereocenters. The Labute approximate surface area is 132 Å². The van der Waals surface area contributed by atoms with Gasteiger partial charge in [0.1, 0.15) is 24.1 Å². The highest BCUT2D eigenvalue weighted by atomic mass is 16.5. The van der Waals surface area contributed by atoms with Gasteiger partial charge in [0.05, 0.1) is 30.9 Å². The number of nitrogens with two attached hydrogens (primary N) is 1. The molecule has 23 heavy (non-hydrogen) atoms. The summed E-state index contributed by atoms with van der Waals surface area (Å²) in [5, 5.41) is 18.6. The molecule has 0 aliphatic carbocycles. The summed E-state index contributed by atoms with van der Waals surface area (Å²) in [6, 6.07) is 5.52. The van der Waals surface area contributed by atoms with Gasteiger partial charge < -0.3 is 20.3 Å². The monoisotopic (exact) mass is 313 g/mol. The van der Waals surface area contributed by atoms with E-state index in [-0.39, 0.29) is 30.6 Å². The number of anilines is 1. The van der Waals surface area contributed by atoms with Gasteiger partial charge in [0, 0.05) is 18.0 Å². The maximum Gasteiger partial charge on any atom is 0.316 e. The van der Waals surface area contributed by atoms with Gasteiger partial charge in [0.2, 0.25) is 0 Å². The van der Waals surface area contributed by atoms with Crippen molar-refractivity contribution in [3.63, 3.8) is 0 Å². The van der Waals surface area contributed by atoms with Crippen LogP contribution in [-0.4, -0.2) is 46.5 Å². The smallest absolute Gasteiger partial charge is 0.316 e. The predicted molar refractivity (Wildman–Crippen MR) is 80.2 cm³/mol. The van der Waals surface area contributed by atoms with E-state index in [4.69, 9.17) is 15.2 Å². The first-order chi connectivity index (χ1) is 11.2. The van der Waals surface area contributed by atoms with Crippen molar-refractivity contribution in [3.05, 3.63) is 30.1 Å². The van der Waals surface area contributed by atoms with Gasteiger partial charge in [-0.05, 0) is 12.1 Å². The molecule has 8 nitrogen and oxygen atoms in total. The Kier molecular flexibility index (Phi) is 4.06. The van der Waals surface area contributed by atoms with Crippen molar-refractivity contribution in [1.82, 2.24) is 15.0 Å². The van der Waals surface area contributed by atoms with Crippen molar-refractivity contribution in [3.8, 4) is 23.3 Å². The van der Waals surface area contributed by atoms with E-state index in [0.717, 1.165) is 0 Å². The van der Waals surface area contributed by atoms with Crippen LogP contribution >= 0.6 is 0 Å². The quantitative estimate of drug-likeness (QED) is 0.811. The lowest BCUT2D eigenvalue weighted by Crippen LogP contribution is -2.50. The Bertz CT molecular complexity index is 750. The lowest BCUT2D eigenvalue weighted by molar-refractivity contribution is -0.154. The molecule has 3 N–H and O–H groups in total. The van der Waals surface area contributed by atoms with Crippen molar-refractivity contribution >= 4 is 5.82 Å². The number of nitrogen functional groups attached to an aromatic ring is 1. The number of hydrogen-bond donors (Lipinski definition) is 2. The van der Waals surface area contributed by atoms with Gasteiger partial charge in [-0.3, -0.25) is 0 Å². The van der Waals surface area contributed by atoms with Gasteiger partial charge in [0.25, 0.3) is 0 Å². The fourth-order valence-electron chi connectivity index (χ4n) is 2.20. The summed E-state index contributed by atoms with van der Waals surface area (Å²) in [6.07, 6.45) is 3.05. The van der Waals surface area contributed by atoms with E-state index in [1.165, 1.54) is 6.20 Å². The van der Waals surface area contributed by atoms with Gasteiger partial charge in [-0.25, -0.2) is 9.97 Å². The topological polar surface area (TPSA) is 127 Å². The molecule has 1 aliphatic rings. The van der Waals surface area contributed by atoms with Gasteiger partial charge >= 0.3 is 6.01 Å². The van der Waals surface area contributed by atoms with Gasteiger partial charge in [-0.15, -0.1) is 0 Å². The first-order valence-corrected chi connectivity index (χ1v) is 6.97. The lowest BCUT2D eigenvalue weighted by Gasteiger charge is -2.38. The van der Waals surface area contributed by atoms with Gasteiger partial charge in [-0.1, -0.05) is 0 Å². The second-order valence-corrected chi connectivity index (χ2v) is 5.39. The summed E-state index contributed by atoms with van der Waals surface area (Å²) in [5.74, 6) is 0.150. The van der Waals surface area contributed by atoms with Crippen molar-refractivity contribution in [1.29, 1.82) is 5.26 Å². The molecular formula is C15H15N5O3. The Morgan fingerprint density at radius 1 is 1.35 bits per heavy atom. The van der Waals surface area contributed by atoms with Gasteiger partial charge in [0.15, 0.2) is 0 Å². The van der Waals surface area contributed by atoms with E-state index < -0.39 is 5.41 Å². The summed E-state index contributed by atoms with van der Waals surface area (Å²) < 4.78 is 10.7. The maximum atomic E-state index is 9.39. The normalized spacial score (nSPS) is 15.5. The number of aliphatic hydroxyl groups is 1.